The van der Waals surface area contributed by atoms with Gasteiger partial charge in [0.2, 0.25) is 5.91 Å². The predicted molar refractivity (Wildman–Crippen MR) is 95.8 cm³/mol. The molecule has 1 amide bonds. The van der Waals surface area contributed by atoms with Crippen molar-refractivity contribution in [2.75, 3.05) is 19.4 Å². The van der Waals surface area contributed by atoms with Crippen molar-refractivity contribution in [2.45, 2.75) is 12.2 Å². The van der Waals surface area contributed by atoms with Gasteiger partial charge in [0, 0.05) is 24.5 Å². The van der Waals surface area contributed by atoms with E-state index in [2.05, 4.69) is 22.7 Å². The Morgan fingerprint density at radius 2 is 2.09 bits per heavy atom. The fraction of sp³-hybridized carbons (Fsp3) is 0.333. The van der Waals surface area contributed by atoms with Crippen LogP contribution in [0.3, 0.4) is 0 Å². The molecule has 0 bridgehead atoms. The molecule has 0 heterocycles. The Bertz CT molecular complexity index is 492. The van der Waals surface area contributed by atoms with Crippen LogP contribution in [0.2, 0.25) is 0 Å². The van der Waals surface area contributed by atoms with E-state index < -0.39 is 0 Å². The highest BCUT2D eigenvalue weighted by Gasteiger charge is 2.02. The van der Waals surface area contributed by atoms with Crippen LogP contribution in [0.1, 0.15) is 12.0 Å². The number of benzene rings is 1. The molecule has 0 atom stereocenters. The Balaban J connectivity index is 2.11. The van der Waals surface area contributed by atoms with Gasteiger partial charge in [-0.3, -0.25) is 15.6 Å². The van der Waals surface area contributed by atoms with Gasteiger partial charge in [-0.15, -0.1) is 6.58 Å². The SMILES string of the molecule is C=CCNC(=S)NNC(=O)CCSCc1ccc(OC)cc1. The molecule has 5 nitrogen and oxygen atoms in total. The molecule has 1 aromatic carbocycles. The van der Waals surface area contributed by atoms with Crippen LogP contribution in [0.15, 0.2) is 36.9 Å². The molecule has 1 rings (SSSR count). The van der Waals surface area contributed by atoms with Gasteiger partial charge in [0.1, 0.15) is 5.75 Å². The first kappa shape index (κ1) is 18.3. The number of ether oxygens (including phenoxy) is 1. The van der Waals surface area contributed by atoms with Crippen molar-refractivity contribution in [3.8, 4) is 5.75 Å². The van der Waals surface area contributed by atoms with Crippen LogP contribution < -0.4 is 20.9 Å². The van der Waals surface area contributed by atoms with E-state index in [1.54, 1.807) is 24.9 Å². The normalized spacial score (nSPS) is 9.68. The maximum Gasteiger partial charge on any atom is 0.239 e. The standard InChI is InChI=1S/C15H21N3O2S2/c1-3-9-16-15(21)18-17-14(19)8-10-22-11-12-4-6-13(20-2)7-5-12/h3-7H,1,8-11H2,2H3,(H,17,19)(H2,16,18,21). The summed E-state index contributed by atoms with van der Waals surface area (Å²) >= 11 is 6.66. The molecule has 0 aromatic heterocycles. The first-order chi connectivity index (χ1) is 10.7. The van der Waals surface area contributed by atoms with Crippen LogP contribution in [-0.4, -0.2) is 30.4 Å². The highest BCUT2D eigenvalue weighted by molar-refractivity contribution is 7.98. The first-order valence-corrected chi connectivity index (χ1v) is 8.36. The highest BCUT2D eigenvalue weighted by atomic mass is 32.2. The average molecular weight is 339 g/mol. The van der Waals surface area contributed by atoms with Crippen molar-refractivity contribution < 1.29 is 9.53 Å². The number of carbonyl (C=O) groups is 1. The Morgan fingerprint density at radius 1 is 1.36 bits per heavy atom. The van der Waals surface area contributed by atoms with Crippen LogP contribution >= 0.6 is 24.0 Å². The number of hydrazine groups is 1. The molecule has 0 spiro atoms. The third-order valence-electron chi connectivity index (χ3n) is 2.62. The Labute approximate surface area is 140 Å². The lowest BCUT2D eigenvalue weighted by molar-refractivity contribution is -0.121. The van der Waals surface area contributed by atoms with Gasteiger partial charge in [0.05, 0.1) is 7.11 Å². The van der Waals surface area contributed by atoms with E-state index in [9.17, 15) is 4.79 Å². The number of carbonyl (C=O) groups excluding carboxylic acids is 1. The first-order valence-electron chi connectivity index (χ1n) is 6.80. The zero-order chi connectivity index (χ0) is 16.2. The molecule has 7 heteroatoms. The number of hydrogen-bond acceptors (Lipinski definition) is 4. The number of thiocarbonyl (C=S) groups is 1. The lowest BCUT2D eigenvalue weighted by atomic mass is 10.2. The average Bonchev–Trinajstić information content (AvgIpc) is 2.55. The topological polar surface area (TPSA) is 62.4 Å². The number of methoxy groups -OCH3 is 1. The summed E-state index contributed by atoms with van der Waals surface area (Å²) in [5.74, 6) is 2.36. The fourth-order valence-corrected chi connectivity index (χ4v) is 2.51. The molecule has 0 saturated heterocycles. The molecular formula is C15H21N3O2S2. The van der Waals surface area contributed by atoms with Crippen molar-refractivity contribution in [1.82, 2.24) is 16.2 Å². The summed E-state index contributed by atoms with van der Waals surface area (Å²) < 4.78 is 5.11. The van der Waals surface area contributed by atoms with E-state index in [0.29, 0.717) is 18.1 Å². The second-order valence-electron chi connectivity index (χ2n) is 4.32. The highest BCUT2D eigenvalue weighted by Crippen LogP contribution is 2.16. The summed E-state index contributed by atoms with van der Waals surface area (Å²) in [7, 11) is 1.65. The zero-order valence-electron chi connectivity index (χ0n) is 12.6. The molecule has 0 aliphatic heterocycles. The number of rotatable bonds is 8. The molecule has 0 fully saturated rings. The third kappa shape index (κ3) is 7.90. The van der Waals surface area contributed by atoms with Gasteiger partial charge in [-0.25, -0.2) is 0 Å². The van der Waals surface area contributed by atoms with Crippen molar-refractivity contribution >= 4 is 35.0 Å². The minimum atomic E-state index is -0.0926. The lowest BCUT2D eigenvalue weighted by Gasteiger charge is -2.10. The number of hydrogen-bond donors (Lipinski definition) is 3. The smallest absolute Gasteiger partial charge is 0.239 e. The van der Waals surface area contributed by atoms with Gasteiger partial charge in [-0.2, -0.15) is 11.8 Å². The molecular weight excluding hydrogens is 318 g/mol. The second-order valence-corrected chi connectivity index (χ2v) is 5.84. The summed E-state index contributed by atoms with van der Waals surface area (Å²) in [6, 6.07) is 7.92. The van der Waals surface area contributed by atoms with E-state index in [-0.39, 0.29) is 5.91 Å². The molecule has 22 heavy (non-hydrogen) atoms. The number of nitrogens with one attached hydrogen (secondary N) is 3. The van der Waals surface area contributed by atoms with Gasteiger partial charge >= 0.3 is 0 Å². The second kappa shape index (κ2) is 10.9. The van der Waals surface area contributed by atoms with Crippen LogP contribution in [0.5, 0.6) is 5.75 Å². The predicted octanol–water partition coefficient (Wildman–Crippen LogP) is 2.00. The molecule has 1 aromatic rings. The van der Waals surface area contributed by atoms with Gasteiger partial charge in [0.25, 0.3) is 0 Å². The number of thioether (sulfide) groups is 1. The Morgan fingerprint density at radius 3 is 2.73 bits per heavy atom. The lowest BCUT2D eigenvalue weighted by Crippen LogP contribution is -2.46. The molecule has 0 unspecified atom stereocenters. The molecule has 0 radical (unpaired) electrons. The van der Waals surface area contributed by atoms with Gasteiger partial charge < -0.3 is 10.1 Å². The summed E-state index contributed by atoms with van der Waals surface area (Å²) in [5, 5.41) is 3.23. The molecule has 0 saturated carbocycles. The van der Waals surface area contributed by atoms with Crippen LogP contribution in [-0.2, 0) is 10.5 Å². The molecule has 120 valence electrons. The molecule has 0 aliphatic carbocycles. The van der Waals surface area contributed by atoms with Crippen molar-refractivity contribution in [3.63, 3.8) is 0 Å². The van der Waals surface area contributed by atoms with E-state index in [4.69, 9.17) is 17.0 Å². The van der Waals surface area contributed by atoms with E-state index >= 15 is 0 Å². The maximum atomic E-state index is 11.6. The van der Waals surface area contributed by atoms with Gasteiger partial charge in [-0.1, -0.05) is 18.2 Å². The molecule has 0 aliphatic rings. The monoisotopic (exact) mass is 339 g/mol. The van der Waals surface area contributed by atoms with Crippen LogP contribution in [0, 0.1) is 0 Å². The zero-order valence-corrected chi connectivity index (χ0v) is 14.2. The summed E-state index contributed by atoms with van der Waals surface area (Å²) in [6.07, 6.45) is 2.11. The van der Waals surface area contributed by atoms with E-state index in [0.717, 1.165) is 17.3 Å². The van der Waals surface area contributed by atoms with E-state index in [1.165, 1.54) is 5.56 Å². The maximum absolute atomic E-state index is 11.6. The van der Waals surface area contributed by atoms with Crippen molar-refractivity contribution in [2.24, 2.45) is 0 Å². The minimum absolute atomic E-state index is 0.0926. The Kier molecular flexibility index (Phi) is 9.09. The van der Waals surface area contributed by atoms with Gasteiger partial charge in [0.15, 0.2) is 5.11 Å². The molecule has 3 N–H and O–H groups in total. The van der Waals surface area contributed by atoms with Crippen molar-refractivity contribution in [3.05, 3.63) is 42.5 Å². The summed E-state index contributed by atoms with van der Waals surface area (Å²) in [4.78, 5) is 11.6. The minimum Gasteiger partial charge on any atom is -0.497 e. The van der Waals surface area contributed by atoms with Crippen LogP contribution in [0.4, 0.5) is 0 Å². The van der Waals surface area contributed by atoms with Crippen LogP contribution in [0.25, 0.3) is 0 Å². The number of amides is 1. The van der Waals surface area contributed by atoms with Crippen molar-refractivity contribution in [1.29, 1.82) is 0 Å². The largest absolute Gasteiger partial charge is 0.497 e. The third-order valence-corrected chi connectivity index (χ3v) is 3.90. The van der Waals surface area contributed by atoms with Gasteiger partial charge in [-0.05, 0) is 29.9 Å². The fourth-order valence-electron chi connectivity index (χ4n) is 1.47. The summed E-state index contributed by atoms with van der Waals surface area (Å²) in [5.41, 5.74) is 6.39. The quantitative estimate of drug-likeness (QED) is 0.291. The Hall–Kier alpha value is -1.73. The summed E-state index contributed by atoms with van der Waals surface area (Å²) in [6.45, 7) is 4.12. The van der Waals surface area contributed by atoms with E-state index in [1.807, 2.05) is 24.3 Å².